The third-order valence-corrected chi connectivity index (χ3v) is 3.77. The van der Waals surface area contributed by atoms with Gasteiger partial charge in [0.15, 0.2) is 0 Å². The topological polar surface area (TPSA) is 12.9 Å². The van der Waals surface area contributed by atoms with Gasteiger partial charge in [0.05, 0.1) is 5.69 Å². The van der Waals surface area contributed by atoms with Crippen molar-refractivity contribution in [3.05, 3.63) is 77.6 Å². The molecule has 1 heterocycles. The lowest BCUT2D eigenvalue weighted by Crippen LogP contribution is -1.94. The van der Waals surface area contributed by atoms with E-state index in [2.05, 4.69) is 73.4 Å². The van der Waals surface area contributed by atoms with Gasteiger partial charge in [-0.15, -0.1) is 0 Å². The molecule has 0 fully saturated rings. The molecule has 0 N–H and O–H groups in total. The second kappa shape index (κ2) is 5.46. The maximum atomic E-state index is 4.56. The molecule has 0 aliphatic carbocycles. The minimum Gasteiger partial charge on any atom is -0.260 e. The van der Waals surface area contributed by atoms with E-state index in [0.29, 0.717) is 5.92 Å². The van der Waals surface area contributed by atoms with E-state index in [1.807, 2.05) is 6.20 Å². The van der Waals surface area contributed by atoms with Crippen LogP contribution in [0.15, 0.2) is 60.8 Å². The average Bonchev–Trinajstić information content (AvgIpc) is 2.48. The Morgan fingerprint density at radius 2 is 1.65 bits per heavy atom. The van der Waals surface area contributed by atoms with Crippen LogP contribution in [-0.4, -0.2) is 4.98 Å². The van der Waals surface area contributed by atoms with Crippen LogP contribution >= 0.6 is 0 Å². The first-order valence-corrected chi connectivity index (χ1v) is 7.15. The van der Waals surface area contributed by atoms with Crippen LogP contribution < -0.4 is 0 Å². The van der Waals surface area contributed by atoms with Crippen molar-refractivity contribution in [2.24, 2.45) is 0 Å². The molecular formula is C19H19N. The first-order valence-electron chi connectivity index (χ1n) is 7.15. The van der Waals surface area contributed by atoms with Crippen molar-refractivity contribution in [1.29, 1.82) is 0 Å². The minimum absolute atomic E-state index is 0.583. The molecule has 1 nitrogen and oxygen atoms in total. The first-order chi connectivity index (χ1) is 9.74. The van der Waals surface area contributed by atoms with Crippen LogP contribution in [0.25, 0.3) is 10.8 Å². The van der Waals surface area contributed by atoms with Gasteiger partial charge in [-0.25, -0.2) is 0 Å². The minimum atomic E-state index is 0.583. The van der Waals surface area contributed by atoms with Crippen LogP contribution in [0, 0.1) is 0 Å². The van der Waals surface area contributed by atoms with Crippen molar-refractivity contribution in [2.75, 3.05) is 0 Å². The Labute approximate surface area is 120 Å². The van der Waals surface area contributed by atoms with Gasteiger partial charge in [-0.05, 0) is 28.5 Å². The van der Waals surface area contributed by atoms with E-state index in [9.17, 15) is 0 Å². The summed E-state index contributed by atoms with van der Waals surface area (Å²) < 4.78 is 0. The molecule has 100 valence electrons. The highest BCUT2D eigenvalue weighted by molar-refractivity contribution is 5.84. The van der Waals surface area contributed by atoms with Crippen molar-refractivity contribution in [3.63, 3.8) is 0 Å². The van der Waals surface area contributed by atoms with Crippen molar-refractivity contribution in [1.82, 2.24) is 4.98 Å². The number of hydrogen-bond donors (Lipinski definition) is 0. The summed E-state index contributed by atoms with van der Waals surface area (Å²) in [5.41, 5.74) is 3.86. The van der Waals surface area contributed by atoms with Gasteiger partial charge in [0.2, 0.25) is 0 Å². The average molecular weight is 261 g/mol. The molecule has 0 saturated carbocycles. The van der Waals surface area contributed by atoms with Crippen LogP contribution in [0.2, 0.25) is 0 Å². The van der Waals surface area contributed by atoms with E-state index in [1.54, 1.807) is 0 Å². The van der Waals surface area contributed by atoms with E-state index in [-0.39, 0.29) is 0 Å². The molecule has 20 heavy (non-hydrogen) atoms. The Hall–Kier alpha value is -2.15. The third-order valence-electron chi connectivity index (χ3n) is 3.77. The molecule has 1 heteroatoms. The van der Waals surface area contributed by atoms with Crippen LogP contribution in [0.3, 0.4) is 0 Å². The molecule has 2 aromatic carbocycles. The smallest absolute Gasteiger partial charge is 0.0525 e. The predicted octanol–water partition coefficient (Wildman–Crippen LogP) is 4.95. The number of aromatic nitrogens is 1. The van der Waals surface area contributed by atoms with E-state index < -0.39 is 0 Å². The standard InChI is InChI=1S/C19H19N/c1-14(2)16-9-7-15(8-10-16)13-19-18-6-4-3-5-17(18)11-12-20-19/h3-12,14H,13H2,1-2H3. The van der Waals surface area contributed by atoms with Gasteiger partial charge >= 0.3 is 0 Å². The normalized spacial score (nSPS) is 11.2. The number of pyridine rings is 1. The number of nitrogens with zero attached hydrogens (tertiary/aromatic N) is 1. The van der Waals surface area contributed by atoms with Gasteiger partial charge < -0.3 is 0 Å². The van der Waals surface area contributed by atoms with Gasteiger partial charge in [0.25, 0.3) is 0 Å². The SMILES string of the molecule is CC(C)c1ccc(Cc2nccc3ccccc23)cc1. The molecular weight excluding hydrogens is 242 g/mol. The molecule has 0 saturated heterocycles. The third kappa shape index (κ3) is 2.57. The molecule has 0 aliphatic heterocycles. The molecule has 1 aromatic heterocycles. The maximum absolute atomic E-state index is 4.56. The Morgan fingerprint density at radius 1 is 0.900 bits per heavy atom. The highest BCUT2D eigenvalue weighted by Gasteiger charge is 2.04. The zero-order chi connectivity index (χ0) is 13.9. The summed E-state index contributed by atoms with van der Waals surface area (Å²) in [7, 11) is 0. The van der Waals surface area contributed by atoms with Crippen molar-refractivity contribution in [3.8, 4) is 0 Å². The summed E-state index contributed by atoms with van der Waals surface area (Å²) in [5.74, 6) is 0.583. The van der Waals surface area contributed by atoms with Crippen LogP contribution in [-0.2, 0) is 6.42 Å². The van der Waals surface area contributed by atoms with E-state index in [0.717, 1.165) is 12.1 Å². The summed E-state index contributed by atoms with van der Waals surface area (Å²) >= 11 is 0. The van der Waals surface area contributed by atoms with E-state index in [1.165, 1.54) is 21.9 Å². The molecule has 0 bridgehead atoms. The monoisotopic (exact) mass is 261 g/mol. The molecule has 0 unspecified atom stereocenters. The molecule has 0 aliphatic rings. The lowest BCUT2D eigenvalue weighted by atomic mass is 9.99. The molecule has 0 atom stereocenters. The van der Waals surface area contributed by atoms with E-state index in [4.69, 9.17) is 0 Å². The van der Waals surface area contributed by atoms with E-state index >= 15 is 0 Å². The Balaban J connectivity index is 1.93. The fourth-order valence-electron chi connectivity index (χ4n) is 2.54. The van der Waals surface area contributed by atoms with Gasteiger partial charge in [-0.1, -0.05) is 62.4 Å². The molecule has 0 radical (unpaired) electrons. The maximum Gasteiger partial charge on any atom is 0.0525 e. The number of fused-ring (bicyclic) bond motifs is 1. The van der Waals surface area contributed by atoms with Crippen molar-refractivity contribution >= 4 is 10.8 Å². The van der Waals surface area contributed by atoms with Gasteiger partial charge in [-0.2, -0.15) is 0 Å². The summed E-state index contributed by atoms with van der Waals surface area (Å²) in [5, 5.41) is 2.51. The van der Waals surface area contributed by atoms with Crippen LogP contribution in [0.4, 0.5) is 0 Å². The fraction of sp³-hybridized carbons (Fsp3) is 0.211. The summed E-state index contributed by atoms with van der Waals surface area (Å²) in [6, 6.07) is 19.4. The highest BCUT2D eigenvalue weighted by atomic mass is 14.7. The van der Waals surface area contributed by atoms with Crippen molar-refractivity contribution < 1.29 is 0 Å². The number of hydrogen-bond acceptors (Lipinski definition) is 1. The van der Waals surface area contributed by atoms with Gasteiger partial charge in [0, 0.05) is 18.0 Å². The molecule has 0 amide bonds. The number of benzene rings is 2. The number of rotatable bonds is 3. The molecule has 3 aromatic rings. The zero-order valence-corrected chi connectivity index (χ0v) is 12.0. The molecule has 0 spiro atoms. The van der Waals surface area contributed by atoms with Crippen LogP contribution in [0.5, 0.6) is 0 Å². The first kappa shape index (κ1) is 12.9. The summed E-state index contributed by atoms with van der Waals surface area (Å²) in [6.45, 7) is 4.45. The Kier molecular flexibility index (Phi) is 3.51. The second-order valence-corrected chi connectivity index (χ2v) is 5.55. The summed E-state index contributed by atoms with van der Waals surface area (Å²) in [4.78, 5) is 4.56. The van der Waals surface area contributed by atoms with Crippen molar-refractivity contribution in [2.45, 2.75) is 26.2 Å². The Bertz CT molecular complexity index is 706. The quantitative estimate of drug-likeness (QED) is 0.650. The molecule has 3 rings (SSSR count). The Morgan fingerprint density at radius 3 is 2.40 bits per heavy atom. The second-order valence-electron chi connectivity index (χ2n) is 5.55. The van der Waals surface area contributed by atoms with Gasteiger partial charge in [0.1, 0.15) is 0 Å². The van der Waals surface area contributed by atoms with Crippen LogP contribution in [0.1, 0.15) is 36.6 Å². The lowest BCUT2D eigenvalue weighted by Gasteiger charge is -2.08. The van der Waals surface area contributed by atoms with Gasteiger partial charge in [-0.3, -0.25) is 4.98 Å². The largest absolute Gasteiger partial charge is 0.260 e. The predicted molar refractivity (Wildman–Crippen MR) is 85.1 cm³/mol. The summed E-state index contributed by atoms with van der Waals surface area (Å²) in [6.07, 6.45) is 2.79. The zero-order valence-electron chi connectivity index (χ0n) is 12.0. The lowest BCUT2D eigenvalue weighted by molar-refractivity contribution is 0.865. The fourth-order valence-corrected chi connectivity index (χ4v) is 2.54. The highest BCUT2D eigenvalue weighted by Crippen LogP contribution is 2.20.